The van der Waals surface area contributed by atoms with E-state index in [1.54, 1.807) is 25.3 Å². The standard InChI is InChI=1S/C19H19NO3/c1-12-11-15(18-16(22)7-4-8-17(18)23-2)20-19-13(9-10-21)5-3-6-14(12)19/h3-8,11,21-22H,9-10H2,1-2H3. The summed E-state index contributed by atoms with van der Waals surface area (Å²) < 4.78 is 5.37. The van der Waals surface area contributed by atoms with Crippen LogP contribution in [0.5, 0.6) is 11.5 Å². The van der Waals surface area contributed by atoms with Crippen molar-refractivity contribution in [3.05, 3.63) is 53.6 Å². The van der Waals surface area contributed by atoms with Crippen molar-refractivity contribution in [2.24, 2.45) is 0 Å². The van der Waals surface area contributed by atoms with Gasteiger partial charge in [-0.1, -0.05) is 24.3 Å². The highest BCUT2D eigenvalue weighted by molar-refractivity contribution is 5.89. The Hall–Kier alpha value is -2.59. The molecule has 3 rings (SSSR count). The maximum atomic E-state index is 10.3. The van der Waals surface area contributed by atoms with Crippen LogP contribution in [0.3, 0.4) is 0 Å². The van der Waals surface area contributed by atoms with Gasteiger partial charge in [-0.15, -0.1) is 0 Å². The summed E-state index contributed by atoms with van der Waals surface area (Å²) in [6.45, 7) is 2.09. The van der Waals surface area contributed by atoms with E-state index < -0.39 is 0 Å². The van der Waals surface area contributed by atoms with Crippen molar-refractivity contribution in [1.29, 1.82) is 0 Å². The summed E-state index contributed by atoms with van der Waals surface area (Å²) in [4.78, 5) is 4.74. The van der Waals surface area contributed by atoms with Crippen molar-refractivity contribution in [1.82, 2.24) is 4.98 Å². The quantitative estimate of drug-likeness (QED) is 0.775. The zero-order chi connectivity index (χ0) is 16.4. The number of rotatable bonds is 4. The van der Waals surface area contributed by atoms with E-state index >= 15 is 0 Å². The van der Waals surface area contributed by atoms with Crippen molar-refractivity contribution in [2.75, 3.05) is 13.7 Å². The highest BCUT2D eigenvalue weighted by Crippen LogP contribution is 2.38. The second-order valence-electron chi connectivity index (χ2n) is 5.47. The van der Waals surface area contributed by atoms with E-state index in [0.29, 0.717) is 23.4 Å². The molecule has 0 atom stereocenters. The maximum absolute atomic E-state index is 10.3. The maximum Gasteiger partial charge on any atom is 0.132 e. The second kappa shape index (κ2) is 6.26. The number of para-hydroxylation sites is 1. The Kier molecular flexibility index (Phi) is 4.17. The summed E-state index contributed by atoms with van der Waals surface area (Å²) in [6.07, 6.45) is 0.547. The van der Waals surface area contributed by atoms with E-state index in [4.69, 9.17) is 9.72 Å². The largest absolute Gasteiger partial charge is 0.507 e. The minimum absolute atomic E-state index is 0.0734. The van der Waals surface area contributed by atoms with Gasteiger partial charge in [-0.2, -0.15) is 0 Å². The summed E-state index contributed by atoms with van der Waals surface area (Å²) in [5.74, 6) is 0.714. The van der Waals surface area contributed by atoms with Gasteiger partial charge in [0.15, 0.2) is 0 Å². The lowest BCUT2D eigenvalue weighted by molar-refractivity contribution is 0.300. The number of aryl methyl sites for hydroxylation is 1. The molecule has 0 saturated carbocycles. The number of nitrogens with zero attached hydrogens (tertiary/aromatic N) is 1. The normalized spacial score (nSPS) is 10.9. The summed E-state index contributed by atoms with van der Waals surface area (Å²) in [5, 5.41) is 20.6. The molecule has 0 aliphatic carbocycles. The number of aliphatic hydroxyl groups is 1. The molecule has 0 unspecified atom stereocenters. The van der Waals surface area contributed by atoms with Gasteiger partial charge >= 0.3 is 0 Å². The molecule has 4 nitrogen and oxygen atoms in total. The van der Waals surface area contributed by atoms with E-state index in [9.17, 15) is 10.2 Å². The van der Waals surface area contributed by atoms with Gasteiger partial charge in [0.25, 0.3) is 0 Å². The Balaban J connectivity index is 2.30. The Labute approximate surface area is 135 Å². The first-order chi connectivity index (χ1) is 11.2. The molecule has 0 aliphatic heterocycles. The summed E-state index contributed by atoms with van der Waals surface area (Å²) >= 11 is 0. The molecule has 4 heteroatoms. The SMILES string of the molecule is COc1cccc(O)c1-c1cc(C)c2cccc(CCO)c2n1. The van der Waals surface area contributed by atoms with Crippen LogP contribution in [0.1, 0.15) is 11.1 Å². The smallest absolute Gasteiger partial charge is 0.132 e. The number of aliphatic hydroxyl groups excluding tert-OH is 1. The van der Waals surface area contributed by atoms with Crippen LogP contribution < -0.4 is 4.74 Å². The van der Waals surface area contributed by atoms with Gasteiger partial charge in [-0.3, -0.25) is 0 Å². The monoisotopic (exact) mass is 309 g/mol. The van der Waals surface area contributed by atoms with Crippen LogP contribution in [0.4, 0.5) is 0 Å². The molecule has 1 aromatic heterocycles. The molecule has 0 fully saturated rings. The van der Waals surface area contributed by atoms with Crippen LogP contribution in [-0.2, 0) is 6.42 Å². The summed E-state index contributed by atoms with van der Waals surface area (Å²) in [7, 11) is 1.57. The number of methoxy groups -OCH3 is 1. The summed E-state index contributed by atoms with van der Waals surface area (Å²) in [5.41, 5.74) is 4.15. The van der Waals surface area contributed by atoms with Gasteiger partial charge in [0.2, 0.25) is 0 Å². The predicted molar refractivity (Wildman–Crippen MR) is 90.9 cm³/mol. The van der Waals surface area contributed by atoms with E-state index in [1.807, 2.05) is 31.2 Å². The van der Waals surface area contributed by atoms with Gasteiger partial charge in [0.05, 0.1) is 23.9 Å². The van der Waals surface area contributed by atoms with Crippen molar-refractivity contribution in [3.8, 4) is 22.8 Å². The van der Waals surface area contributed by atoms with E-state index in [-0.39, 0.29) is 12.4 Å². The lowest BCUT2D eigenvalue weighted by atomic mass is 10.0. The van der Waals surface area contributed by atoms with E-state index in [2.05, 4.69) is 0 Å². The van der Waals surface area contributed by atoms with E-state index in [1.165, 1.54) is 0 Å². The molecule has 2 N–H and O–H groups in total. The van der Waals surface area contributed by atoms with E-state index in [0.717, 1.165) is 22.0 Å². The number of phenolic OH excluding ortho intramolecular Hbond substituents is 1. The van der Waals surface area contributed by atoms with Gasteiger partial charge in [0, 0.05) is 12.0 Å². The number of aromatic hydroxyl groups is 1. The Morgan fingerprint density at radius 3 is 2.65 bits per heavy atom. The third kappa shape index (κ3) is 2.73. The number of benzene rings is 2. The van der Waals surface area contributed by atoms with Gasteiger partial charge in [-0.25, -0.2) is 4.98 Å². The lowest BCUT2D eigenvalue weighted by Crippen LogP contribution is -1.97. The average molecular weight is 309 g/mol. The fourth-order valence-corrected chi connectivity index (χ4v) is 2.87. The van der Waals surface area contributed by atoms with Crippen LogP contribution >= 0.6 is 0 Å². The van der Waals surface area contributed by atoms with Crippen LogP contribution in [0.15, 0.2) is 42.5 Å². The number of aromatic nitrogens is 1. The number of fused-ring (bicyclic) bond motifs is 1. The molecule has 0 saturated heterocycles. The molecule has 0 spiro atoms. The molecule has 0 aliphatic rings. The highest BCUT2D eigenvalue weighted by Gasteiger charge is 2.15. The molecule has 1 heterocycles. The molecule has 0 amide bonds. The number of hydrogen-bond acceptors (Lipinski definition) is 4. The fourth-order valence-electron chi connectivity index (χ4n) is 2.87. The molecule has 23 heavy (non-hydrogen) atoms. The third-order valence-electron chi connectivity index (χ3n) is 3.99. The zero-order valence-electron chi connectivity index (χ0n) is 13.2. The first kappa shape index (κ1) is 15.3. The van der Waals surface area contributed by atoms with Crippen molar-refractivity contribution in [3.63, 3.8) is 0 Å². The number of phenols is 1. The molecular weight excluding hydrogens is 290 g/mol. The fraction of sp³-hybridized carbons (Fsp3) is 0.211. The van der Waals surface area contributed by atoms with Crippen molar-refractivity contribution >= 4 is 10.9 Å². The zero-order valence-corrected chi connectivity index (χ0v) is 13.2. The topological polar surface area (TPSA) is 62.6 Å². The Morgan fingerprint density at radius 1 is 1.13 bits per heavy atom. The minimum atomic E-state index is 0.0734. The highest BCUT2D eigenvalue weighted by atomic mass is 16.5. The molecule has 3 aromatic rings. The molecule has 0 bridgehead atoms. The van der Waals surface area contributed by atoms with Crippen LogP contribution in [0, 0.1) is 6.92 Å². The first-order valence-electron chi connectivity index (χ1n) is 7.52. The van der Waals surface area contributed by atoms with Crippen molar-refractivity contribution in [2.45, 2.75) is 13.3 Å². The number of hydrogen-bond donors (Lipinski definition) is 2. The lowest BCUT2D eigenvalue weighted by Gasteiger charge is -2.13. The van der Waals surface area contributed by atoms with Gasteiger partial charge < -0.3 is 14.9 Å². The number of pyridine rings is 1. The van der Waals surface area contributed by atoms with Crippen LogP contribution in [0.2, 0.25) is 0 Å². The van der Waals surface area contributed by atoms with Crippen LogP contribution in [0.25, 0.3) is 22.2 Å². The predicted octanol–water partition coefficient (Wildman–Crippen LogP) is 3.46. The average Bonchev–Trinajstić information content (AvgIpc) is 2.55. The molecule has 118 valence electrons. The molecule has 2 aromatic carbocycles. The first-order valence-corrected chi connectivity index (χ1v) is 7.52. The minimum Gasteiger partial charge on any atom is -0.507 e. The Bertz CT molecular complexity index is 859. The van der Waals surface area contributed by atoms with Crippen molar-refractivity contribution < 1.29 is 14.9 Å². The third-order valence-corrected chi connectivity index (χ3v) is 3.99. The number of ether oxygens (including phenoxy) is 1. The van der Waals surface area contributed by atoms with Crippen LogP contribution in [-0.4, -0.2) is 28.9 Å². The summed E-state index contributed by atoms with van der Waals surface area (Å²) in [6, 6.07) is 13.1. The van der Waals surface area contributed by atoms with Gasteiger partial charge in [-0.05, 0) is 42.7 Å². The Morgan fingerprint density at radius 2 is 1.91 bits per heavy atom. The molecular formula is C19H19NO3. The second-order valence-corrected chi connectivity index (χ2v) is 5.47. The molecule has 0 radical (unpaired) electrons. The van der Waals surface area contributed by atoms with Gasteiger partial charge in [0.1, 0.15) is 11.5 Å².